The zero-order chi connectivity index (χ0) is 27.8. The van der Waals surface area contributed by atoms with Crippen molar-refractivity contribution in [2.24, 2.45) is 7.05 Å². The molecule has 3 aromatic heterocycles. The van der Waals surface area contributed by atoms with Gasteiger partial charge in [0.25, 0.3) is 5.56 Å². The molecule has 0 aliphatic carbocycles. The average Bonchev–Trinajstić information content (AvgIpc) is 3.37. The fraction of sp³-hybridized carbons (Fsp3) is 0.233. The lowest BCUT2D eigenvalue weighted by Crippen LogP contribution is -2.21. The van der Waals surface area contributed by atoms with Gasteiger partial charge >= 0.3 is 0 Å². The number of halogens is 2. The molecule has 0 aliphatic heterocycles. The van der Waals surface area contributed by atoms with Gasteiger partial charge in [-0.1, -0.05) is 24.3 Å². The van der Waals surface area contributed by atoms with Gasteiger partial charge in [-0.3, -0.25) is 9.36 Å². The Kier molecular flexibility index (Phi) is 7.29. The molecule has 1 atom stereocenters. The molecule has 0 aliphatic rings. The second kappa shape index (κ2) is 10.7. The third-order valence-electron chi connectivity index (χ3n) is 6.57. The normalized spacial score (nSPS) is 12.3. The van der Waals surface area contributed by atoms with Crippen LogP contribution in [0.2, 0.25) is 0 Å². The van der Waals surface area contributed by atoms with Crippen molar-refractivity contribution in [1.29, 1.82) is 0 Å². The van der Waals surface area contributed by atoms with Crippen LogP contribution in [0.5, 0.6) is 0 Å². The Morgan fingerprint density at radius 3 is 2.51 bits per heavy atom. The highest BCUT2D eigenvalue weighted by atomic mass is 32.1. The third kappa shape index (κ3) is 5.32. The van der Waals surface area contributed by atoms with Crippen molar-refractivity contribution in [2.45, 2.75) is 26.4 Å². The van der Waals surface area contributed by atoms with Crippen molar-refractivity contribution in [3.63, 3.8) is 0 Å². The fourth-order valence-corrected chi connectivity index (χ4v) is 5.79. The number of pyridine rings is 1. The van der Waals surface area contributed by atoms with E-state index < -0.39 is 0 Å². The van der Waals surface area contributed by atoms with Gasteiger partial charge < -0.3 is 10.2 Å². The van der Waals surface area contributed by atoms with Crippen LogP contribution in [-0.2, 0) is 13.6 Å². The number of hydrogen-bond donors (Lipinski definition) is 1. The molecule has 0 bridgehead atoms. The van der Waals surface area contributed by atoms with Crippen LogP contribution in [-0.4, -0.2) is 33.5 Å². The van der Waals surface area contributed by atoms with Crippen LogP contribution in [0.3, 0.4) is 0 Å². The molecule has 0 unspecified atom stereocenters. The molecule has 0 saturated carbocycles. The number of nitrogens with one attached hydrogen (secondary N) is 1. The zero-order valence-electron chi connectivity index (χ0n) is 22.4. The number of thiophene rings is 1. The van der Waals surface area contributed by atoms with Crippen molar-refractivity contribution in [3.8, 4) is 21.6 Å². The average molecular weight is 546 g/mol. The molecule has 6 nitrogen and oxygen atoms in total. The molecule has 0 radical (unpaired) electrons. The van der Waals surface area contributed by atoms with Gasteiger partial charge in [-0.25, -0.2) is 18.7 Å². The lowest BCUT2D eigenvalue weighted by atomic mass is 10.0. The fourth-order valence-electron chi connectivity index (χ4n) is 4.70. The van der Waals surface area contributed by atoms with Gasteiger partial charge in [-0.2, -0.15) is 0 Å². The van der Waals surface area contributed by atoms with Crippen molar-refractivity contribution < 1.29 is 8.78 Å². The summed E-state index contributed by atoms with van der Waals surface area (Å²) in [5.74, 6) is 0.493. The van der Waals surface area contributed by atoms with E-state index in [0.29, 0.717) is 45.9 Å². The highest BCUT2D eigenvalue weighted by Crippen LogP contribution is 2.37. The Bertz CT molecular complexity index is 1730. The van der Waals surface area contributed by atoms with E-state index in [2.05, 4.69) is 15.3 Å². The largest absolute Gasteiger partial charge is 0.362 e. The Morgan fingerprint density at radius 2 is 1.79 bits per heavy atom. The summed E-state index contributed by atoms with van der Waals surface area (Å²) in [6.45, 7) is 4.43. The molecule has 0 amide bonds. The quantitative estimate of drug-likeness (QED) is 0.251. The maximum atomic E-state index is 14.9. The van der Waals surface area contributed by atoms with Crippen LogP contribution in [0.25, 0.3) is 32.6 Å². The van der Waals surface area contributed by atoms with E-state index in [9.17, 15) is 13.6 Å². The first kappa shape index (κ1) is 26.6. The maximum Gasteiger partial charge on any atom is 0.259 e. The minimum absolute atomic E-state index is 0.156. The Morgan fingerprint density at radius 1 is 1.05 bits per heavy atom. The number of aromatic nitrogens is 3. The highest BCUT2D eigenvalue weighted by Gasteiger charge is 2.19. The number of rotatable bonds is 7. The smallest absolute Gasteiger partial charge is 0.259 e. The summed E-state index contributed by atoms with van der Waals surface area (Å²) in [4.78, 5) is 26.2. The van der Waals surface area contributed by atoms with Gasteiger partial charge in [0.15, 0.2) is 0 Å². The Labute approximate surface area is 229 Å². The second-order valence-corrected chi connectivity index (χ2v) is 11.0. The summed E-state index contributed by atoms with van der Waals surface area (Å²) >= 11 is 1.53. The molecule has 2 aromatic carbocycles. The van der Waals surface area contributed by atoms with Crippen LogP contribution < -0.4 is 10.9 Å². The second-order valence-electron chi connectivity index (χ2n) is 9.87. The summed E-state index contributed by atoms with van der Waals surface area (Å²) < 4.78 is 30.0. The first-order valence-corrected chi connectivity index (χ1v) is 13.4. The third-order valence-corrected chi connectivity index (χ3v) is 7.86. The molecule has 3 heterocycles. The Balaban J connectivity index is 1.53. The number of benzene rings is 2. The number of anilines is 1. The SMILES string of the molecule is Cc1nc(N[C@H](C)c2ccc(-c3c(F)cccc3CN(C)C)s2)c2cc(-c3ccc(F)cc3)c(=O)n(C)c2n1. The molecular formula is C30H29F2N5OS. The molecule has 5 aromatic rings. The summed E-state index contributed by atoms with van der Waals surface area (Å²) in [5.41, 5.74) is 2.86. The first-order chi connectivity index (χ1) is 18.6. The number of hydrogen-bond acceptors (Lipinski definition) is 6. The summed E-state index contributed by atoms with van der Waals surface area (Å²) in [6.07, 6.45) is 0. The molecule has 0 spiro atoms. The standard InChI is InChI=1S/C30H29F2N5OS/c1-17(25-13-14-26(39-25)27-20(16-36(3)4)7-6-8-24(27)32)33-28-23-15-22(19-9-11-21(31)12-10-19)30(38)37(5)29(23)35-18(2)34-28/h6-15,17H,16H2,1-5H3,(H,33,34,35)/t17-/m1/s1. The van der Waals surface area contributed by atoms with Gasteiger partial charge in [0, 0.05) is 34.5 Å². The van der Waals surface area contributed by atoms with Gasteiger partial charge in [0.1, 0.15) is 28.9 Å². The van der Waals surface area contributed by atoms with Crippen LogP contribution in [0.4, 0.5) is 14.6 Å². The van der Waals surface area contributed by atoms with E-state index in [-0.39, 0.29) is 23.2 Å². The Hall–Kier alpha value is -3.95. The molecular weight excluding hydrogens is 516 g/mol. The summed E-state index contributed by atoms with van der Waals surface area (Å²) in [7, 11) is 5.60. The maximum absolute atomic E-state index is 14.9. The number of nitrogens with zero attached hydrogens (tertiary/aromatic N) is 4. The van der Waals surface area contributed by atoms with Gasteiger partial charge in [0.2, 0.25) is 0 Å². The monoisotopic (exact) mass is 545 g/mol. The lowest BCUT2D eigenvalue weighted by Gasteiger charge is -2.17. The van der Waals surface area contributed by atoms with Gasteiger partial charge in [0.05, 0.1) is 11.4 Å². The first-order valence-electron chi connectivity index (χ1n) is 12.6. The summed E-state index contributed by atoms with van der Waals surface area (Å²) in [5, 5.41) is 4.16. The molecule has 39 heavy (non-hydrogen) atoms. The molecule has 200 valence electrons. The molecule has 0 saturated heterocycles. The predicted molar refractivity (Wildman–Crippen MR) is 154 cm³/mol. The minimum atomic E-state index is -0.369. The van der Waals surface area contributed by atoms with E-state index in [1.54, 1.807) is 38.2 Å². The van der Waals surface area contributed by atoms with E-state index in [1.807, 2.05) is 44.1 Å². The van der Waals surface area contributed by atoms with Gasteiger partial charge in [-0.15, -0.1) is 11.3 Å². The van der Waals surface area contributed by atoms with E-state index in [0.717, 1.165) is 15.3 Å². The van der Waals surface area contributed by atoms with Crippen LogP contribution >= 0.6 is 11.3 Å². The minimum Gasteiger partial charge on any atom is -0.362 e. The predicted octanol–water partition coefficient (Wildman–Crippen LogP) is 6.55. The topological polar surface area (TPSA) is 63.1 Å². The molecule has 5 rings (SSSR count). The van der Waals surface area contributed by atoms with E-state index in [1.165, 1.54) is 34.1 Å². The summed E-state index contributed by atoms with van der Waals surface area (Å²) in [6, 6.07) is 16.6. The van der Waals surface area contributed by atoms with Crippen molar-refractivity contribution in [3.05, 3.63) is 98.9 Å². The van der Waals surface area contributed by atoms with Gasteiger partial charge in [-0.05, 0) is 75.5 Å². The van der Waals surface area contributed by atoms with E-state index in [4.69, 9.17) is 0 Å². The number of fused-ring (bicyclic) bond motifs is 1. The zero-order valence-corrected chi connectivity index (χ0v) is 23.2. The van der Waals surface area contributed by atoms with Crippen molar-refractivity contribution in [2.75, 3.05) is 19.4 Å². The molecule has 9 heteroatoms. The highest BCUT2D eigenvalue weighted by molar-refractivity contribution is 7.15. The molecule has 0 fully saturated rings. The van der Waals surface area contributed by atoms with Crippen LogP contribution in [0, 0.1) is 18.6 Å². The van der Waals surface area contributed by atoms with Crippen molar-refractivity contribution in [1.82, 2.24) is 19.4 Å². The lowest BCUT2D eigenvalue weighted by molar-refractivity contribution is 0.402. The van der Waals surface area contributed by atoms with Crippen molar-refractivity contribution >= 4 is 28.2 Å². The van der Waals surface area contributed by atoms with Crippen LogP contribution in [0.15, 0.2) is 65.5 Å². The van der Waals surface area contributed by atoms with Crippen LogP contribution in [0.1, 0.15) is 29.2 Å². The number of aryl methyl sites for hydroxylation is 2. The van der Waals surface area contributed by atoms with E-state index >= 15 is 0 Å². The molecule has 1 N–H and O–H groups in total.